The number of benzene rings is 9. The lowest BCUT2D eigenvalue weighted by molar-refractivity contribution is 0.573. The molecule has 0 atom stereocenters. The van der Waals surface area contributed by atoms with E-state index in [1.54, 1.807) is 0 Å². The van der Waals surface area contributed by atoms with Gasteiger partial charge in [0, 0.05) is 49.6 Å². The predicted molar refractivity (Wildman–Crippen MR) is 258 cm³/mol. The second-order valence-electron chi connectivity index (χ2n) is 15.4. The maximum absolute atomic E-state index is 6.68. The van der Waals surface area contributed by atoms with Crippen LogP contribution < -0.4 is 15.5 Å². The van der Waals surface area contributed by atoms with E-state index >= 15 is 0 Å². The standard InChI is InChI=1S/C58H40N2O/c1-3-48(58-39(2)57-49-21-8-7-18-43(49)32-37-56(57)61-58)50-22-9-12-25-53(50)59(45-33-28-41(29-34-45)40-16-5-4-6-17-40)46-35-30-42(31-36-46)44-19-15-20-47(38-44)60-54-26-13-10-23-51(54)52-24-11-14-27-55(52)60/h3-38H,1-2H2/b58-48-. The minimum atomic E-state index is 0.714. The lowest BCUT2D eigenvalue weighted by atomic mass is 9.99. The summed E-state index contributed by atoms with van der Waals surface area (Å²) in [6, 6.07) is 75.4. The molecule has 2 aromatic heterocycles. The Labute approximate surface area is 354 Å². The molecule has 0 saturated carbocycles. The largest absolute Gasteiger partial charge is 0.455 e. The van der Waals surface area contributed by atoms with E-state index in [0.29, 0.717) is 5.42 Å². The number of para-hydroxylation sites is 3. The molecule has 0 aliphatic carbocycles. The van der Waals surface area contributed by atoms with Crippen molar-refractivity contribution in [3.63, 3.8) is 0 Å². The number of furan rings is 1. The maximum Gasteiger partial charge on any atom is 0.142 e. The van der Waals surface area contributed by atoms with Crippen LogP contribution in [-0.2, 0) is 0 Å². The van der Waals surface area contributed by atoms with Gasteiger partial charge in [0.25, 0.3) is 0 Å². The zero-order valence-electron chi connectivity index (χ0n) is 33.5. The topological polar surface area (TPSA) is 21.3 Å². The molecule has 3 nitrogen and oxygen atoms in total. The third-order valence-electron chi connectivity index (χ3n) is 11.9. The van der Waals surface area contributed by atoms with Crippen molar-refractivity contribution in [1.82, 2.24) is 4.57 Å². The molecular formula is C58H40N2O. The third-order valence-corrected chi connectivity index (χ3v) is 11.9. The Hall–Kier alpha value is -8.14. The Bertz CT molecular complexity index is 3500. The van der Waals surface area contributed by atoms with Crippen LogP contribution in [-0.4, -0.2) is 4.57 Å². The SMILES string of the molecule is C=C/C(c1ccccc1N(c1ccc(-c2ccccc2)cc1)c1ccc(-c2cccc(-n3c4ccccc4c4ccccc43)c2)cc1)=c1/oc2ccc3ccccc3c2c1=C. The van der Waals surface area contributed by atoms with E-state index in [-0.39, 0.29) is 0 Å². The van der Waals surface area contributed by atoms with Gasteiger partial charge in [0.1, 0.15) is 11.0 Å². The molecule has 0 bridgehead atoms. The van der Waals surface area contributed by atoms with Crippen molar-refractivity contribution in [3.05, 3.63) is 241 Å². The molecule has 61 heavy (non-hydrogen) atoms. The first kappa shape index (κ1) is 36.0. The van der Waals surface area contributed by atoms with Gasteiger partial charge in [0.05, 0.1) is 16.7 Å². The first-order chi connectivity index (χ1) is 30.1. The summed E-state index contributed by atoms with van der Waals surface area (Å²) in [6.45, 7) is 8.93. The van der Waals surface area contributed by atoms with E-state index in [1.165, 1.54) is 27.4 Å². The molecule has 288 valence electrons. The van der Waals surface area contributed by atoms with E-state index in [0.717, 1.165) is 77.5 Å². The highest BCUT2D eigenvalue weighted by Crippen LogP contribution is 2.41. The fraction of sp³-hybridized carbons (Fsp3) is 0. The molecule has 0 saturated heterocycles. The fourth-order valence-electron chi connectivity index (χ4n) is 9.06. The maximum atomic E-state index is 6.68. The molecule has 0 amide bonds. The van der Waals surface area contributed by atoms with E-state index in [1.807, 2.05) is 12.1 Å². The van der Waals surface area contributed by atoms with Gasteiger partial charge >= 0.3 is 0 Å². The molecule has 3 heteroatoms. The van der Waals surface area contributed by atoms with Crippen molar-refractivity contribution in [2.45, 2.75) is 0 Å². The molecule has 2 heterocycles. The van der Waals surface area contributed by atoms with Crippen molar-refractivity contribution >= 4 is 72.8 Å². The van der Waals surface area contributed by atoms with Gasteiger partial charge in [-0.2, -0.15) is 0 Å². The van der Waals surface area contributed by atoms with Crippen LogP contribution in [0.2, 0.25) is 0 Å². The number of fused-ring (bicyclic) bond motifs is 6. The molecular weight excluding hydrogens is 741 g/mol. The second-order valence-corrected chi connectivity index (χ2v) is 15.4. The molecule has 0 aliphatic heterocycles. The van der Waals surface area contributed by atoms with Crippen LogP contribution in [0.1, 0.15) is 5.56 Å². The van der Waals surface area contributed by atoms with E-state index in [9.17, 15) is 0 Å². The van der Waals surface area contributed by atoms with Gasteiger partial charge in [-0.1, -0.05) is 171 Å². The Kier molecular flexibility index (Phi) is 8.79. The molecule has 0 radical (unpaired) electrons. The number of allylic oxidation sites excluding steroid dienone is 1. The molecule has 0 fully saturated rings. The number of anilines is 3. The number of rotatable bonds is 8. The Balaban J connectivity index is 1.05. The minimum Gasteiger partial charge on any atom is -0.455 e. The van der Waals surface area contributed by atoms with Gasteiger partial charge in [0.2, 0.25) is 0 Å². The number of hydrogen-bond acceptors (Lipinski definition) is 2. The van der Waals surface area contributed by atoms with Crippen LogP contribution in [0.5, 0.6) is 0 Å². The lowest BCUT2D eigenvalue weighted by Gasteiger charge is -2.28. The lowest BCUT2D eigenvalue weighted by Crippen LogP contribution is -2.22. The van der Waals surface area contributed by atoms with Crippen molar-refractivity contribution in [1.29, 1.82) is 0 Å². The Morgan fingerprint density at radius 1 is 0.492 bits per heavy atom. The molecule has 0 unspecified atom stereocenters. The number of aromatic nitrogens is 1. The molecule has 9 aromatic carbocycles. The van der Waals surface area contributed by atoms with Gasteiger partial charge < -0.3 is 13.9 Å². The molecule has 0 N–H and O–H groups in total. The summed E-state index contributed by atoms with van der Waals surface area (Å²) < 4.78 is 9.05. The molecule has 0 aliphatic rings. The molecule has 11 aromatic rings. The van der Waals surface area contributed by atoms with Crippen LogP contribution in [0, 0.1) is 0 Å². The monoisotopic (exact) mass is 780 g/mol. The summed E-state index contributed by atoms with van der Waals surface area (Å²) in [4.78, 5) is 2.33. The minimum absolute atomic E-state index is 0.714. The van der Waals surface area contributed by atoms with Gasteiger partial charge in [-0.05, 0) is 93.7 Å². The van der Waals surface area contributed by atoms with Crippen molar-refractivity contribution in [2.24, 2.45) is 0 Å². The Morgan fingerprint density at radius 2 is 1.05 bits per heavy atom. The van der Waals surface area contributed by atoms with Crippen LogP contribution in [0.3, 0.4) is 0 Å². The van der Waals surface area contributed by atoms with Crippen molar-refractivity contribution < 1.29 is 4.42 Å². The average molecular weight is 781 g/mol. The smallest absolute Gasteiger partial charge is 0.142 e. The van der Waals surface area contributed by atoms with Crippen LogP contribution in [0.25, 0.3) is 83.6 Å². The Morgan fingerprint density at radius 3 is 1.74 bits per heavy atom. The zero-order chi connectivity index (χ0) is 40.9. The fourth-order valence-corrected chi connectivity index (χ4v) is 9.06. The molecule has 11 rings (SSSR count). The third kappa shape index (κ3) is 6.14. The van der Waals surface area contributed by atoms with Crippen molar-refractivity contribution in [3.8, 4) is 27.9 Å². The first-order valence-corrected chi connectivity index (χ1v) is 20.6. The van der Waals surface area contributed by atoms with Crippen LogP contribution in [0.15, 0.2) is 229 Å². The van der Waals surface area contributed by atoms with Gasteiger partial charge in [-0.15, -0.1) is 0 Å². The summed E-state index contributed by atoms with van der Waals surface area (Å²) in [6.07, 6.45) is 1.90. The molecule has 0 spiro atoms. The summed E-state index contributed by atoms with van der Waals surface area (Å²) in [5, 5.41) is 6.65. The highest BCUT2D eigenvalue weighted by atomic mass is 16.3. The highest BCUT2D eigenvalue weighted by Gasteiger charge is 2.20. The van der Waals surface area contributed by atoms with E-state index < -0.39 is 0 Å². The summed E-state index contributed by atoms with van der Waals surface area (Å²) in [5.74, 6) is 0. The quantitative estimate of drug-likeness (QED) is 0.153. The van der Waals surface area contributed by atoms with Crippen LogP contribution in [0.4, 0.5) is 17.1 Å². The number of hydrogen-bond donors (Lipinski definition) is 0. The van der Waals surface area contributed by atoms with E-state index in [4.69, 9.17) is 4.42 Å². The summed E-state index contributed by atoms with van der Waals surface area (Å²) in [5.41, 5.74) is 14.6. The summed E-state index contributed by atoms with van der Waals surface area (Å²) >= 11 is 0. The van der Waals surface area contributed by atoms with Crippen molar-refractivity contribution in [2.75, 3.05) is 4.90 Å². The predicted octanol–water partition coefficient (Wildman–Crippen LogP) is 14.3. The second kappa shape index (κ2) is 14.9. The normalized spacial score (nSPS) is 12.0. The van der Waals surface area contributed by atoms with E-state index in [2.05, 4.69) is 229 Å². The van der Waals surface area contributed by atoms with Gasteiger partial charge in [0.15, 0.2) is 0 Å². The first-order valence-electron chi connectivity index (χ1n) is 20.6. The van der Waals surface area contributed by atoms with Gasteiger partial charge in [-0.3, -0.25) is 0 Å². The van der Waals surface area contributed by atoms with Gasteiger partial charge in [-0.25, -0.2) is 0 Å². The zero-order valence-corrected chi connectivity index (χ0v) is 33.5. The van der Waals surface area contributed by atoms with Crippen LogP contribution >= 0.6 is 0 Å². The number of nitrogens with zero attached hydrogens (tertiary/aromatic N) is 2. The summed E-state index contributed by atoms with van der Waals surface area (Å²) in [7, 11) is 0. The highest BCUT2D eigenvalue weighted by molar-refractivity contribution is 6.09. The average Bonchev–Trinajstić information content (AvgIpc) is 3.85.